The maximum atomic E-state index is 12.7. The minimum atomic E-state index is -0.0925. The van der Waals surface area contributed by atoms with E-state index in [-0.39, 0.29) is 35.6 Å². The zero-order valence-electron chi connectivity index (χ0n) is 16.7. The van der Waals surface area contributed by atoms with Gasteiger partial charge in [-0.05, 0) is 50.5 Å². The Labute approximate surface area is 161 Å². The highest BCUT2D eigenvalue weighted by atomic mass is 16.2. The average molecular weight is 373 g/mol. The first-order valence-electron chi connectivity index (χ1n) is 9.82. The van der Waals surface area contributed by atoms with Crippen molar-refractivity contribution < 1.29 is 14.4 Å². The molecule has 0 saturated carbocycles. The summed E-state index contributed by atoms with van der Waals surface area (Å²) in [5.41, 5.74) is 1.28. The van der Waals surface area contributed by atoms with Gasteiger partial charge in [-0.15, -0.1) is 0 Å². The highest BCUT2D eigenvalue weighted by molar-refractivity contribution is 5.96. The minimum Gasteiger partial charge on any atom is -0.353 e. The van der Waals surface area contributed by atoms with Gasteiger partial charge in [0.25, 0.3) is 5.91 Å². The molecule has 1 aromatic carbocycles. The fraction of sp³-hybridized carbons (Fsp3) is 0.571. The normalized spacial score (nSPS) is 16.1. The summed E-state index contributed by atoms with van der Waals surface area (Å²) in [5, 5.41) is 5.85. The van der Waals surface area contributed by atoms with Crippen molar-refractivity contribution in [3.05, 3.63) is 29.8 Å². The van der Waals surface area contributed by atoms with Gasteiger partial charge in [0.1, 0.15) is 0 Å². The number of benzene rings is 1. The number of hydrogen-bond donors (Lipinski definition) is 2. The lowest BCUT2D eigenvalue weighted by Crippen LogP contribution is -2.44. The van der Waals surface area contributed by atoms with Crippen molar-refractivity contribution >= 4 is 23.4 Å². The lowest BCUT2D eigenvalue weighted by atomic mass is 9.95. The molecule has 2 N–H and O–H groups in total. The number of rotatable bonds is 6. The van der Waals surface area contributed by atoms with Crippen molar-refractivity contribution in [2.75, 3.05) is 18.4 Å². The first-order chi connectivity index (χ1) is 12.8. The number of nitrogens with zero attached hydrogens (tertiary/aromatic N) is 1. The average Bonchev–Trinajstić information content (AvgIpc) is 2.67. The largest absolute Gasteiger partial charge is 0.353 e. The standard InChI is InChI=1S/C21H31N3O3/c1-5-15(4)22-20(26)16-10-12-24(13-11-16)21(27)17-6-8-18(9-7-17)23-19(25)14(2)3/h6-9,14-16H,5,10-13H2,1-4H3,(H,22,26)(H,23,25)/t15-/m1/s1. The molecule has 0 radical (unpaired) electrons. The maximum Gasteiger partial charge on any atom is 0.253 e. The zero-order valence-corrected chi connectivity index (χ0v) is 16.7. The Morgan fingerprint density at radius 2 is 1.67 bits per heavy atom. The molecule has 0 aromatic heterocycles. The topological polar surface area (TPSA) is 78.5 Å². The van der Waals surface area contributed by atoms with Crippen molar-refractivity contribution in [2.45, 2.75) is 53.0 Å². The molecule has 0 bridgehead atoms. The fourth-order valence-electron chi connectivity index (χ4n) is 2.97. The molecule has 27 heavy (non-hydrogen) atoms. The molecule has 1 aliphatic rings. The van der Waals surface area contributed by atoms with Gasteiger partial charge in [0.2, 0.25) is 11.8 Å². The van der Waals surface area contributed by atoms with E-state index in [0.717, 1.165) is 6.42 Å². The third-order valence-corrected chi connectivity index (χ3v) is 5.08. The van der Waals surface area contributed by atoms with Crippen LogP contribution in [0.3, 0.4) is 0 Å². The van der Waals surface area contributed by atoms with Gasteiger partial charge in [0.05, 0.1) is 0 Å². The maximum absolute atomic E-state index is 12.7. The van der Waals surface area contributed by atoms with Gasteiger partial charge in [-0.2, -0.15) is 0 Å². The quantitative estimate of drug-likeness (QED) is 0.804. The first-order valence-corrected chi connectivity index (χ1v) is 9.82. The summed E-state index contributed by atoms with van der Waals surface area (Å²) in [6.07, 6.45) is 2.30. The fourth-order valence-corrected chi connectivity index (χ4v) is 2.97. The van der Waals surface area contributed by atoms with E-state index in [4.69, 9.17) is 0 Å². The summed E-state index contributed by atoms with van der Waals surface area (Å²) < 4.78 is 0. The third kappa shape index (κ3) is 5.81. The van der Waals surface area contributed by atoms with Crippen molar-refractivity contribution in [3.8, 4) is 0 Å². The smallest absolute Gasteiger partial charge is 0.253 e. The summed E-state index contributed by atoms with van der Waals surface area (Å²) in [7, 11) is 0. The molecule has 0 spiro atoms. The predicted molar refractivity (Wildman–Crippen MR) is 106 cm³/mol. The number of amides is 3. The Bertz CT molecular complexity index is 662. The van der Waals surface area contributed by atoms with Gasteiger partial charge in [-0.3, -0.25) is 14.4 Å². The summed E-state index contributed by atoms with van der Waals surface area (Å²) in [4.78, 5) is 38.4. The second kappa shape index (κ2) is 9.53. The van der Waals surface area contributed by atoms with Crippen LogP contribution in [0.1, 0.15) is 57.3 Å². The number of likely N-dealkylation sites (tertiary alicyclic amines) is 1. The Kier molecular flexibility index (Phi) is 7.39. The van der Waals surface area contributed by atoms with Crippen LogP contribution in [-0.4, -0.2) is 41.8 Å². The first kappa shape index (κ1) is 20.9. The molecule has 6 nitrogen and oxygen atoms in total. The summed E-state index contributed by atoms with van der Waals surface area (Å²) >= 11 is 0. The van der Waals surface area contributed by atoms with Crippen LogP contribution in [0.5, 0.6) is 0 Å². The Morgan fingerprint density at radius 1 is 1.07 bits per heavy atom. The molecule has 1 heterocycles. The van der Waals surface area contributed by atoms with Crippen molar-refractivity contribution in [1.29, 1.82) is 0 Å². The van der Waals surface area contributed by atoms with Crippen LogP contribution < -0.4 is 10.6 Å². The van der Waals surface area contributed by atoms with Gasteiger partial charge in [0, 0.05) is 42.2 Å². The van der Waals surface area contributed by atoms with E-state index in [1.54, 1.807) is 29.2 Å². The minimum absolute atomic E-state index is 0.0170. The summed E-state index contributed by atoms with van der Waals surface area (Å²) in [6.45, 7) is 8.89. The lowest BCUT2D eigenvalue weighted by molar-refractivity contribution is -0.127. The summed E-state index contributed by atoms with van der Waals surface area (Å²) in [5.74, 6) is -0.0900. The van der Waals surface area contributed by atoms with Gasteiger partial charge < -0.3 is 15.5 Å². The van der Waals surface area contributed by atoms with Crippen LogP contribution in [0.25, 0.3) is 0 Å². The Hall–Kier alpha value is -2.37. The Morgan fingerprint density at radius 3 is 2.19 bits per heavy atom. The molecular weight excluding hydrogens is 342 g/mol. The lowest BCUT2D eigenvalue weighted by Gasteiger charge is -2.32. The van der Waals surface area contributed by atoms with Crippen LogP contribution >= 0.6 is 0 Å². The van der Waals surface area contributed by atoms with Crippen molar-refractivity contribution in [1.82, 2.24) is 10.2 Å². The van der Waals surface area contributed by atoms with Gasteiger partial charge >= 0.3 is 0 Å². The van der Waals surface area contributed by atoms with Crippen LogP contribution in [0, 0.1) is 11.8 Å². The van der Waals surface area contributed by atoms with E-state index in [2.05, 4.69) is 10.6 Å². The molecule has 2 rings (SSSR count). The van der Waals surface area contributed by atoms with E-state index in [1.165, 1.54) is 0 Å². The monoisotopic (exact) mass is 373 g/mol. The van der Waals surface area contributed by atoms with Crippen LogP contribution in [0.2, 0.25) is 0 Å². The Balaban J connectivity index is 1.88. The van der Waals surface area contributed by atoms with E-state index >= 15 is 0 Å². The highest BCUT2D eigenvalue weighted by Gasteiger charge is 2.28. The van der Waals surface area contributed by atoms with E-state index in [9.17, 15) is 14.4 Å². The molecule has 3 amide bonds. The van der Waals surface area contributed by atoms with Crippen molar-refractivity contribution in [2.24, 2.45) is 11.8 Å². The second-order valence-corrected chi connectivity index (χ2v) is 7.61. The number of hydrogen-bond acceptors (Lipinski definition) is 3. The molecule has 0 aliphatic carbocycles. The van der Waals surface area contributed by atoms with Crippen LogP contribution in [-0.2, 0) is 9.59 Å². The molecule has 1 aromatic rings. The van der Waals surface area contributed by atoms with Gasteiger partial charge in [-0.1, -0.05) is 20.8 Å². The summed E-state index contributed by atoms with van der Waals surface area (Å²) in [6, 6.07) is 7.16. The van der Waals surface area contributed by atoms with Gasteiger partial charge in [0.15, 0.2) is 0 Å². The molecular formula is C21H31N3O3. The van der Waals surface area contributed by atoms with Gasteiger partial charge in [-0.25, -0.2) is 0 Å². The number of nitrogens with one attached hydrogen (secondary N) is 2. The number of piperidine rings is 1. The molecule has 1 atom stereocenters. The predicted octanol–water partition coefficient (Wildman–Crippen LogP) is 3.05. The number of anilines is 1. The van der Waals surface area contributed by atoms with Crippen LogP contribution in [0.15, 0.2) is 24.3 Å². The molecule has 0 unspecified atom stereocenters. The second-order valence-electron chi connectivity index (χ2n) is 7.61. The molecule has 1 aliphatic heterocycles. The van der Waals surface area contributed by atoms with E-state index < -0.39 is 0 Å². The zero-order chi connectivity index (χ0) is 20.0. The number of carbonyl (C=O) groups excluding carboxylic acids is 3. The molecule has 1 saturated heterocycles. The third-order valence-electron chi connectivity index (χ3n) is 5.08. The highest BCUT2D eigenvalue weighted by Crippen LogP contribution is 2.20. The number of carbonyl (C=O) groups is 3. The van der Waals surface area contributed by atoms with Crippen molar-refractivity contribution in [3.63, 3.8) is 0 Å². The molecule has 6 heteroatoms. The SMILES string of the molecule is CC[C@@H](C)NC(=O)C1CCN(C(=O)c2ccc(NC(=O)C(C)C)cc2)CC1. The van der Waals surface area contributed by atoms with E-state index in [1.807, 2.05) is 27.7 Å². The molecule has 148 valence electrons. The van der Waals surface area contributed by atoms with E-state index in [0.29, 0.717) is 37.2 Å². The molecule has 1 fully saturated rings. The van der Waals surface area contributed by atoms with Crippen LogP contribution in [0.4, 0.5) is 5.69 Å².